The normalized spacial score (nSPS) is 18.5. The van der Waals surface area contributed by atoms with Crippen LogP contribution in [0.1, 0.15) is 30.0 Å². The number of pyridine rings is 1. The molecule has 0 radical (unpaired) electrons. The number of nitrogens with one attached hydrogen (secondary N) is 1. The van der Waals surface area contributed by atoms with E-state index in [2.05, 4.69) is 40.4 Å². The van der Waals surface area contributed by atoms with Gasteiger partial charge in [-0.05, 0) is 43.6 Å². The Labute approximate surface area is 164 Å². The van der Waals surface area contributed by atoms with Crippen LogP contribution in [0.15, 0.2) is 58.1 Å². The lowest BCUT2D eigenvalue weighted by Crippen LogP contribution is -2.27. The zero-order chi connectivity index (χ0) is 19.2. The van der Waals surface area contributed by atoms with Crippen molar-refractivity contribution >= 4 is 29.5 Å². The number of nitrogens with zero attached hydrogens (tertiary/aromatic N) is 4. The monoisotopic (exact) mass is 383 g/mol. The second-order valence-electron chi connectivity index (χ2n) is 6.47. The van der Waals surface area contributed by atoms with Crippen molar-refractivity contribution in [2.45, 2.75) is 25.5 Å². The van der Waals surface area contributed by atoms with Crippen LogP contribution in [0.4, 0.5) is 5.69 Å². The van der Waals surface area contributed by atoms with E-state index in [1.165, 1.54) is 0 Å². The van der Waals surface area contributed by atoms with Gasteiger partial charge in [0.15, 0.2) is 0 Å². The Balaban J connectivity index is 1.78. The number of aliphatic hydroxyl groups excluding tert-OH is 1. The number of aromatic nitrogens is 1. The Kier molecular flexibility index (Phi) is 6.49. The second kappa shape index (κ2) is 9.03. The largest absolute Gasteiger partial charge is 0.391 e. The molecule has 1 fully saturated rings. The Morgan fingerprint density at radius 3 is 3.00 bits per heavy atom. The van der Waals surface area contributed by atoms with Crippen molar-refractivity contribution in [2.24, 2.45) is 9.98 Å². The first-order chi connectivity index (χ1) is 13.1. The van der Waals surface area contributed by atoms with E-state index < -0.39 is 0 Å². The van der Waals surface area contributed by atoms with Crippen LogP contribution < -0.4 is 5.32 Å². The number of rotatable bonds is 8. The zero-order valence-electron chi connectivity index (χ0n) is 15.5. The molecule has 6 nitrogen and oxygen atoms in total. The van der Waals surface area contributed by atoms with Crippen molar-refractivity contribution in [3.05, 3.63) is 58.7 Å². The number of hydrogen-bond acceptors (Lipinski definition) is 7. The van der Waals surface area contributed by atoms with E-state index in [0.29, 0.717) is 13.2 Å². The van der Waals surface area contributed by atoms with Crippen LogP contribution in [-0.4, -0.2) is 53.3 Å². The van der Waals surface area contributed by atoms with Gasteiger partial charge in [0.25, 0.3) is 0 Å². The Morgan fingerprint density at radius 2 is 2.33 bits per heavy atom. The van der Waals surface area contributed by atoms with E-state index in [1.54, 1.807) is 17.5 Å². The summed E-state index contributed by atoms with van der Waals surface area (Å²) in [6.07, 6.45) is 2.22. The summed E-state index contributed by atoms with van der Waals surface area (Å²) in [5.41, 5.74) is 3.38. The van der Waals surface area contributed by atoms with E-state index >= 15 is 0 Å². The fraction of sp³-hybridized carbons (Fsp3) is 0.350. The van der Waals surface area contributed by atoms with Gasteiger partial charge < -0.3 is 10.0 Å². The molecule has 2 unspecified atom stereocenters. The summed E-state index contributed by atoms with van der Waals surface area (Å²) < 4.78 is 0. The van der Waals surface area contributed by atoms with Crippen molar-refractivity contribution in [1.82, 2.24) is 15.2 Å². The molecule has 3 heterocycles. The second-order valence-corrected chi connectivity index (χ2v) is 7.39. The fourth-order valence-electron chi connectivity index (χ4n) is 3.03. The Morgan fingerprint density at radius 1 is 1.48 bits per heavy atom. The summed E-state index contributed by atoms with van der Waals surface area (Å²) in [5, 5.41) is 15.2. The third-order valence-electron chi connectivity index (χ3n) is 4.61. The van der Waals surface area contributed by atoms with Crippen LogP contribution in [0, 0.1) is 0 Å². The first-order valence-electron chi connectivity index (χ1n) is 8.95. The highest BCUT2D eigenvalue weighted by Crippen LogP contribution is 2.29. The molecule has 2 N–H and O–H groups in total. The first-order valence-corrected chi connectivity index (χ1v) is 9.83. The van der Waals surface area contributed by atoms with Crippen molar-refractivity contribution < 1.29 is 5.11 Å². The molecule has 1 saturated heterocycles. The molecular formula is C20H25N5OS. The van der Waals surface area contributed by atoms with E-state index in [4.69, 9.17) is 4.99 Å². The third kappa shape index (κ3) is 4.68. The number of allylic oxidation sites excluding steroid dienone is 1. The SMILES string of the molecule is C=Nc1ccsc1/C(=N\CNC(C)c1ccccn1)C(=C)N1CCC(O)C1. The zero-order valence-corrected chi connectivity index (χ0v) is 16.3. The van der Waals surface area contributed by atoms with Crippen molar-refractivity contribution in [3.8, 4) is 0 Å². The predicted octanol–water partition coefficient (Wildman–Crippen LogP) is 3.15. The Hall–Kier alpha value is -2.35. The van der Waals surface area contributed by atoms with E-state index in [9.17, 15) is 5.11 Å². The topological polar surface area (TPSA) is 73.1 Å². The van der Waals surface area contributed by atoms with Gasteiger partial charge in [-0.1, -0.05) is 12.6 Å². The fourth-order valence-corrected chi connectivity index (χ4v) is 3.91. The maximum atomic E-state index is 9.87. The number of likely N-dealkylation sites (tertiary alicyclic amines) is 1. The number of thiophene rings is 1. The van der Waals surface area contributed by atoms with Gasteiger partial charge >= 0.3 is 0 Å². The highest BCUT2D eigenvalue weighted by Gasteiger charge is 2.25. The molecule has 1 aliphatic rings. The average Bonchev–Trinajstić information content (AvgIpc) is 3.34. The minimum atomic E-state index is -0.314. The molecule has 0 aromatic carbocycles. The van der Waals surface area contributed by atoms with E-state index in [0.717, 1.165) is 40.6 Å². The molecule has 27 heavy (non-hydrogen) atoms. The van der Waals surface area contributed by atoms with Gasteiger partial charge in [-0.2, -0.15) is 0 Å². The lowest BCUT2D eigenvalue weighted by molar-refractivity contribution is 0.185. The maximum Gasteiger partial charge on any atom is 0.101 e. The molecule has 0 aliphatic carbocycles. The minimum Gasteiger partial charge on any atom is -0.391 e. The molecule has 0 amide bonds. The van der Waals surface area contributed by atoms with E-state index in [-0.39, 0.29) is 12.1 Å². The summed E-state index contributed by atoms with van der Waals surface area (Å²) in [6, 6.07) is 7.88. The van der Waals surface area contributed by atoms with Gasteiger partial charge in [-0.15, -0.1) is 11.3 Å². The molecule has 3 rings (SSSR count). The lowest BCUT2D eigenvalue weighted by atomic mass is 10.2. The quantitative estimate of drug-likeness (QED) is 0.687. The average molecular weight is 384 g/mol. The molecule has 7 heteroatoms. The van der Waals surface area contributed by atoms with Gasteiger partial charge in [-0.25, -0.2) is 0 Å². The number of aliphatic hydroxyl groups is 1. The molecule has 2 aromatic heterocycles. The smallest absolute Gasteiger partial charge is 0.101 e. The molecule has 2 atom stereocenters. The highest BCUT2D eigenvalue weighted by atomic mass is 32.1. The molecular weight excluding hydrogens is 358 g/mol. The lowest BCUT2D eigenvalue weighted by Gasteiger charge is -2.22. The first kappa shape index (κ1) is 19.4. The van der Waals surface area contributed by atoms with Gasteiger partial charge in [0.05, 0.1) is 34.7 Å². The standard InChI is InChI=1S/C20H25N5OS/c1-14(17-6-4-5-9-22-17)23-13-24-19(20-18(21-3)8-11-27-20)15(2)25-10-7-16(26)12-25/h4-6,8-9,11,14,16,23,26H,2-3,7,10,12-13H2,1H3/b24-19-. The maximum absolute atomic E-state index is 9.87. The summed E-state index contributed by atoms with van der Waals surface area (Å²) >= 11 is 1.57. The number of β-amino-alcohol motifs (C(OH)–C–C–N with tert-alkyl or cyclic N) is 1. The summed E-state index contributed by atoms with van der Waals surface area (Å²) in [5.74, 6) is 0. The molecule has 1 aliphatic heterocycles. The number of aliphatic imine (C=N–C) groups is 2. The van der Waals surface area contributed by atoms with Gasteiger partial charge in [0, 0.05) is 25.3 Å². The highest BCUT2D eigenvalue weighted by molar-refractivity contribution is 7.13. The van der Waals surface area contributed by atoms with Crippen molar-refractivity contribution in [1.29, 1.82) is 0 Å². The van der Waals surface area contributed by atoms with Crippen molar-refractivity contribution in [2.75, 3.05) is 19.8 Å². The third-order valence-corrected chi connectivity index (χ3v) is 5.52. The van der Waals surface area contributed by atoms with Gasteiger partial charge in [-0.3, -0.25) is 20.3 Å². The van der Waals surface area contributed by atoms with Gasteiger partial charge in [0.1, 0.15) is 5.71 Å². The molecule has 142 valence electrons. The molecule has 0 bridgehead atoms. The minimum absolute atomic E-state index is 0.0819. The Bertz CT molecular complexity index is 817. The van der Waals surface area contributed by atoms with Crippen LogP contribution in [0.2, 0.25) is 0 Å². The van der Waals surface area contributed by atoms with Gasteiger partial charge in [0.2, 0.25) is 0 Å². The summed E-state index contributed by atoms with van der Waals surface area (Å²) in [6.45, 7) is 11.8. The molecule has 0 saturated carbocycles. The summed E-state index contributed by atoms with van der Waals surface area (Å²) in [4.78, 5) is 16.3. The van der Waals surface area contributed by atoms with Crippen LogP contribution in [0.25, 0.3) is 0 Å². The van der Waals surface area contributed by atoms with E-state index in [1.807, 2.05) is 29.6 Å². The predicted molar refractivity (Wildman–Crippen MR) is 112 cm³/mol. The molecule has 0 spiro atoms. The molecule has 2 aromatic rings. The van der Waals surface area contributed by atoms with Crippen LogP contribution in [0.3, 0.4) is 0 Å². The van der Waals surface area contributed by atoms with Crippen LogP contribution in [-0.2, 0) is 0 Å². The van der Waals surface area contributed by atoms with Crippen molar-refractivity contribution in [3.63, 3.8) is 0 Å². The summed E-state index contributed by atoms with van der Waals surface area (Å²) in [7, 11) is 0. The van der Waals surface area contributed by atoms with Crippen LogP contribution in [0.5, 0.6) is 0 Å². The van der Waals surface area contributed by atoms with Crippen LogP contribution >= 0.6 is 11.3 Å². The number of hydrogen-bond donors (Lipinski definition) is 2.